The number of aromatic nitrogens is 3. The van der Waals surface area contributed by atoms with E-state index in [1.165, 1.54) is 22.9 Å². The summed E-state index contributed by atoms with van der Waals surface area (Å²) in [5.41, 5.74) is 12.9. The van der Waals surface area contributed by atoms with E-state index in [2.05, 4.69) is 59.2 Å². The molecule has 4 N–H and O–H groups in total. The lowest BCUT2D eigenvalue weighted by Gasteiger charge is -2.45. The van der Waals surface area contributed by atoms with E-state index in [1.807, 2.05) is 13.8 Å². The summed E-state index contributed by atoms with van der Waals surface area (Å²) in [5, 5.41) is 6.33. The minimum Gasteiger partial charge on any atom is -0.382 e. The van der Waals surface area contributed by atoms with Gasteiger partial charge in [-0.15, -0.1) is 5.54 Å². The van der Waals surface area contributed by atoms with Crippen molar-refractivity contribution in [3.05, 3.63) is 68.7 Å². The Hall–Kier alpha value is -2.62. The van der Waals surface area contributed by atoms with Gasteiger partial charge in [-0.2, -0.15) is 0 Å². The Morgan fingerprint density at radius 1 is 1.18 bits per heavy atom. The number of benzene rings is 1. The molecule has 5 rings (SSSR count). The molecule has 3 heterocycles. The summed E-state index contributed by atoms with van der Waals surface area (Å²) in [7, 11) is -1.21. The van der Waals surface area contributed by atoms with Gasteiger partial charge in [0.15, 0.2) is 0 Å². The highest BCUT2D eigenvalue weighted by atomic mass is 35.5. The third kappa shape index (κ3) is 6.65. The SMILES string of the molecule is Cn1c(N2CCC3(CC2)Cc2ccc(C#C[Si](C)(C)C)cc2[C@H]3CC(C)(C)S(N)=O)ncc(Sc2ccnc(N)c2Cl)c1=O. The number of pyridine rings is 1. The molecule has 1 saturated heterocycles. The van der Waals surface area contributed by atoms with E-state index >= 15 is 0 Å². The second-order valence-electron chi connectivity index (χ2n) is 13.7. The van der Waals surface area contributed by atoms with Gasteiger partial charge < -0.3 is 10.6 Å². The van der Waals surface area contributed by atoms with Crippen molar-refractivity contribution in [1.29, 1.82) is 0 Å². The summed E-state index contributed by atoms with van der Waals surface area (Å²) in [4.78, 5) is 25.4. The molecule has 2 atom stereocenters. The number of halogens is 1. The molecule has 0 radical (unpaired) electrons. The number of nitrogen functional groups attached to an aromatic ring is 1. The molecular formula is C32H41ClN6O2S2Si. The van der Waals surface area contributed by atoms with E-state index in [0.29, 0.717) is 20.8 Å². The Morgan fingerprint density at radius 2 is 1.89 bits per heavy atom. The van der Waals surface area contributed by atoms with Crippen LogP contribution >= 0.6 is 23.4 Å². The molecule has 12 heteroatoms. The van der Waals surface area contributed by atoms with Crippen LogP contribution in [0.25, 0.3) is 0 Å². The average Bonchev–Trinajstić information content (AvgIpc) is 3.24. The van der Waals surface area contributed by atoms with E-state index < -0.39 is 23.8 Å². The van der Waals surface area contributed by atoms with Crippen molar-refractivity contribution in [2.24, 2.45) is 17.6 Å². The molecule has 1 aromatic carbocycles. The molecule has 234 valence electrons. The summed E-state index contributed by atoms with van der Waals surface area (Å²) in [6, 6.07) is 8.40. The van der Waals surface area contributed by atoms with Gasteiger partial charge in [-0.05, 0) is 80.2 Å². The maximum atomic E-state index is 13.4. The summed E-state index contributed by atoms with van der Waals surface area (Å²) in [5.74, 6) is 4.52. The Morgan fingerprint density at radius 3 is 2.55 bits per heavy atom. The first kappa shape index (κ1) is 32.8. The third-order valence-electron chi connectivity index (χ3n) is 8.88. The Bertz CT molecular complexity index is 1740. The Kier molecular flexibility index (Phi) is 9.15. The van der Waals surface area contributed by atoms with E-state index in [0.717, 1.165) is 44.3 Å². The van der Waals surface area contributed by atoms with Crippen LogP contribution in [0.15, 0.2) is 51.2 Å². The average molecular weight is 669 g/mol. The molecule has 0 bridgehead atoms. The Balaban J connectivity index is 1.41. The first-order chi connectivity index (χ1) is 20.6. The highest BCUT2D eigenvalue weighted by molar-refractivity contribution is 7.99. The topological polar surface area (TPSA) is 120 Å². The quantitative estimate of drug-likeness (QED) is 0.263. The molecule has 1 aliphatic heterocycles. The van der Waals surface area contributed by atoms with Crippen molar-refractivity contribution in [2.45, 2.75) is 79.6 Å². The first-order valence-electron chi connectivity index (χ1n) is 14.8. The van der Waals surface area contributed by atoms with E-state index in [-0.39, 0.29) is 22.7 Å². The normalized spacial score (nSPS) is 18.5. The fourth-order valence-electron chi connectivity index (χ4n) is 6.34. The van der Waals surface area contributed by atoms with Crippen LogP contribution in [0.1, 0.15) is 55.7 Å². The second-order valence-corrected chi connectivity index (χ2v) is 21.6. The van der Waals surface area contributed by atoms with Gasteiger partial charge in [-0.25, -0.2) is 14.2 Å². The number of rotatable bonds is 6. The van der Waals surface area contributed by atoms with Crippen molar-refractivity contribution < 1.29 is 4.21 Å². The number of hydrogen-bond donors (Lipinski definition) is 2. The molecule has 0 amide bonds. The molecule has 1 unspecified atom stereocenters. The van der Waals surface area contributed by atoms with Gasteiger partial charge in [0.2, 0.25) is 5.95 Å². The zero-order valence-corrected chi connectivity index (χ0v) is 29.6. The van der Waals surface area contributed by atoms with Gasteiger partial charge >= 0.3 is 0 Å². The van der Waals surface area contributed by atoms with Crippen molar-refractivity contribution in [3.8, 4) is 11.5 Å². The van der Waals surface area contributed by atoms with Crippen LogP contribution in [-0.4, -0.2) is 44.7 Å². The van der Waals surface area contributed by atoms with Gasteiger partial charge in [-0.3, -0.25) is 14.5 Å². The predicted molar refractivity (Wildman–Crippen MR) is 185 cm³/mol. The lowest BCUT2D eigenvalue weighted by Crippen LogP contribution is -2.46. The number of anilines is 2. The third-order valence-corrected chi connectivity index (χ3v) is 12.6. The molecule has 2 aromatic heterocycles. The largest absolute Gasteiger partial charge is 0.382 e. The zero-order valence-electron chi connectivity index (χ0n) is 26.2. The van der Waals surface area contributed by atoms with Gasteiger partial charge in [0, 0.05) is 36.8 Å². The van der Waals surface area contributed by atoms with Crippen LogP contribution in [0.2, 0.25) is 24.7 Å². The van der Waals surface area contributed by atoms with Gasteiger partial charge in [0.05, 0.1) is 31.8 Å². The van der Waals surface area contributed by atoms with Crippen molar-refractivity contribution in [1.82, 2.24) is 14.5 Å². The fraction of sp³-hybridized carbons (Fsp3) is 0.469. The molecule has 1 fully saturated rings. The minimum atomic E-state index is -1.52. The van der Waals surface area contributed by atoms with Crippen LogP contribution in [0.5, 0.6) is 0 Å². The number of nitrogens with zero attached hydrogens (tertiary/aromatic N) is 4. The summed E-state index contributed by atoms with van der Waals surface area (Å²) >= 11 is 7.56. The minimum absolute atomic E-state index is 0.00693. The number of fused-ring (bicyclic) bond motifs is 1. The summed E-state index contributed by atoms with van der Waals surface area (Å²) < 4.78 is 13.7. The standard InChI is InChI=1S/C32H41ClN6O2S2Si/c1-31(2,43(35)41)19-24-23-17-21(10-16-44(4,5)6)7-8-22(23)18-32(24)11-14-39(15-12-32)30-37-20-26(29(40)38(30)3)42-25-9-13-36-28(34)27(25)33/h7-9,13,17,20,24H,11-12,14-15,18-19,35H2,1-6H3,(H2,34,36)/t24-,43?/m1/s1. The van der Waals surface area contributed by atoms with E-state index in [4.69, 9.17) is 27.5 Å². The van der Waals surface area contributed by atoms with E-state index in [1.54, 1.807) is 30.1 Å². The first-order valence-corrected chi connectivity index (χ1v) is 20.7. The van der Waals surface area contributed by atoms with Crippen LogP contribution < -0.4 is 21.3 Å². The van der Waals surface area contributed by atoms with Crippen LogP contribution in [0.3, 0.4) is 0 Å². The van der Waals surface area contributed by atoms with Crippen LogP contribution in [0.4, 0.5) is 11.8 Å². The molecular weight excluding hydrogens is 628 g/mol. The maximum Gasteiger partial charge on any atom is 0.268 e. The van der Waals surface area contributed by atoms with Crippen molar-refractivity contribution in [3.63, 3.8) is 0 Å². The smallest absolute Gasteiger partial charge is 0.268 e. The highest BCUT2D eigenvalue weighted by Gasteiger charge is 2.50. The molecule has 3 aromatic rings. The van der Waals surface area contributed by atoms with E-state index in [9.17, 15) is 9.00 Å². The fourth-order valence-corrected chi connectivity index (χ4v) is 8.31. The molecule has 1 aliphatic carbocycles. The predicted octanol–water partition coefficient (Wildman–Crippen LogP) is 5.51. The van der Waals surface area contributed by atoms with Crippen molar-refractivity contribution >= 4 is 54.2 Å². The zero-order chi connectivity index (χ0) is 32.0. The summed E-state index contributed by atoms with van der Waals surface area (Å²) in [6.07, 6.45) is 6.74. The molecule has 2 aliphatic rings. The second kappa shape index (κ2) is 12.3. The molecule has 0 saturated carbocycles. The molecule has 8 nitrogen and oxygen atoms in total. The van der Waals surface area contributed by atoms with Gasteiger partial charge in [0.25, 0.3) is 5.56 Å². The van der Waals surface area contributed by atoms with Crippen LogP contribution in [-0.2, 0) is 24.5 Å². The molecule has 1 spiro atoms. The maximum absolute atomic E-state index is 13.4. The summed E-state index contributed by atoms with van der Waals surface area (Å²) in [6.45, 7) is 12.3. The number of piperidine rings is 1. The molecule has 44 heavy (non-hydrogen) atoms. The monoisotopic (exact) mass is 668 g/mol. The highest BCUT2D eigenvalue weighted by Crippen LogP contribution is 2.56. The lowest BCUT2D eigenvalue weighted by molar-refractivity contribution is 0.169. The Labute approximate surface area is 273 Å². The van der Waals surface area contributed by atoms with Gasteiger partial charge in [0.1, 0.15) is 13.9 Å². The van der Waals surface area contributed by atoms with Crippen molar-refractivity contribution in [2.75, 3.05) is 23.7 Å². The lowest BCUT2D eigenvalue weighted by atomic mass is 9.66. The number of nitrogens with two attached hydrogens (primary N) is 2. The number of hydrogen-bond acceptors (Lipinski definition) is 7. The van der Waals surface area contributed by atoms with Crippen LogP contribution in [0, 0.1) is 16.9 Å². The van der Waals surface area contributed by atoms with Gasteiger partial charge in [-0.1, -0.05) is 55.0 Å².